The van der Waals surface area contributed by atoms with Crippen molar-refractivity contribution in [3.05, 3.63) is 42.2 Å². The smallest absolute Gasteiger partial charge is 0.229 e. The van der Waals surface area contributed by atoms with Gasteiger partial charge in [-0.3, -0.25) is 0 Å². The van der Waals surface area contributed by atoms with Crippen LogP contribution in [0.1, 0.15) is 18.9 Å². The van der Waals surface area contributed by atoms with Crippen molar-refractivity contribution in [2.75, 3.05) is 25.6 Å². The molecule has 0 radical (unpaired) electrons. The molecule has 1 heterocycles. The molecule has 0 fully saturated rings. The van der Waals surface area contributed by atoms with Crippen LogP contribution in [0.15, 0.2) is 36.7 Å². The number of ether oxygens (including phenoxy) is 1. The second-order valence-corrected chi connectivity index (χ2v) is 4.83. The van der Waals surface area contributed by atoms with Crippen molar-refractivity contribution in [3.8, 4) is 5.75 Å². The van der Waals surface area contributed by atoms with Gasteiger partial charge >= 0.3 is 0 Å². The van der Waals surface area contributed by atoms with Gasteiger partial charge in [0.2, 0.25) is 5.95 Å². The van der Waals surface area contributed by atoms with E-state index in [9.17, 15) is 0 Å². The van der Waals surface area contributed by atoms with Crippen LogP contribution in [0.3, 0.4) is 0 Å². The number of methoxy groups -OCH3 is 1. The van der Waals surface area contributed by atoms with Crippen LogP contribution >= 0.6 is 0 Å². The molecule has 0 saturated carbocycles. The first kappa shape index (κ1) is 15.3. The summed E-state index contributed by atoms with van der Waals surface area (Å²) in [6.45, 7) is 3.96. The van der Waals surface area contributed by atoms with E-state index < -0.39 is 0 Å². The fraction of sp³-hybridized carbons (Fsp3) is 0.375. The first-order valence-corrected chi connectivity index (χ1v) is 7.14. The summed E-state index contributed by atoms with van der Waals surface area (Å²) in [5.74, 6) is 1.52. The van der Waals surface area contributed by atoms with Crippen molar-refractivity contribution in [1.29, 1.82) is 0 Å². The molecule has 0 atom stereocenters. The van der Waals surface area contributed by atoms with Crippen LogP contribution in [0, 0.1) is 0 Å². The van der Waals surface area contributed by atoms with Crippen LogP contribution in [0.25, 0.3) is 0 Å². The van der Waals surface area contributed by atoms with Crippen molar-refractivity contribution >= 4 is 11.6 Å². The first-order valence-electron chi connectivity index (χ1n) is 7.14. The van der Waals surface area contributed by atoms with E-state index in [1.165, 1.54) is 0 Å². The standard InChI is InChI=1S/C16H22N4O/c1-4-9-17-10-13-11-18-16(19-12-13)20(2)14-5-7-15(21-3)8-6-14/h5-8,11-12,17H,4,9-10H2,1-3H3. The molecule has 21 heavy (non-hydrogen) atoms. The van der Waals surface area contributed by atoms with Crippen molar-refractivity contribution in [3.63, 3.8) is 0 Å². The molecule has 1 aromatic heterocycles. The van der Waals surface area contributed by atoms with E-state index in [2.05, 4.69) is 22.2 Å². The topological polar surface area (TPSA) is 50.3 Å². The molecule has 2 rings (SSSR count). The van der Waals surface area contributed by atoms with E-state index in [1.54, 1.807) is 7.11 Å². The van der Waals surface area contributed by atoms with Gasteiger partial charge < -0.3 is 15.0 Å². The fourth-order valence-corrected chi connectivity index (χ4v) is 1.94. The van der Waals surface area contributed by atoms with Crippen LogP contribution in [0.2, 0.25) is 0 Å². The fourth-order valence-electron chi connectivity index (χ4n) is 1.94. The molecule has 0 spiro atoms. The maximum absolute atomic E-state index is 5.16. The van der Waals surface area contributed by atoms with Gasteiger partial charge in [-0.2, -0.15) is 0 Å². The summed E-state index contributed by atoms with van der Waals surface area (Å²) in [4.78, 5) is 10.8. The molecule has 0 aliphatic carbocycles. The van der Waals surface area contributed by atoms with Crippen LogP contribution in [0.5, 0.6) is 5.75 Å². The number of aromatic nitrogens is 2. The van der Waals surface area contributed by atoms with E-state index in [4.69, 9.17) is 4.74 Å². The average molecular weight is 286 g/mol. The van der Waals surface area contributed by atoms with Gasteiger partial charge in [0.15, 0.2) is 0 Å². The summed E-state index contributed by atoms with van der Waals surface area (Å²) in [5.41, 5.74) is 2.11. The zero-order chi connectivity index (χ0) is 15.1. The minimum Gasteiger partial charge on any atom is -0.497 e. The normalized spacial score (nSPS) is 10.4. The summed E-state index contributed by atoms with van der Waals surface area (Å²) in [5, 5.41) is 3.34. The van der Waals surface area contributed by atoms with Crippen molar-refractivity contribution < 1.29 is 4.74 Å². The van der Waals surface area contributed by atoms with E-state index >= 15 is 0 Å². The third-order valence-corrected chi connectivity index (χ3v) is 3.21. The molecule has 0 amide bonds. The molecule has 0 aliphatic heterocycles. The van der Waals surface area contributed by atoms with E-state index in [0.29, 0.717) is 5.95 Å². The highest BCUT2D eigenvalue weighted by atomic mass is 16.5. The Hall–Kier alpha value is -2.14. The van der Waals surface area contributed by atoms with Gasteiger partial charge in [0, 0.05) is 37.2 Å². The van der Waals surface area contributed by atoms with Crippen LogP contribution in [-0.2, 0) is 6.54 Å². The Morgan fingerprint density at radius 1 is 1.14 bits per heavy atom. The van der Waals surface area contributed by atoms with Crippen LogP contribution in [-0.4, -0.2) is 30.7 Å². The third-order valence-electron chi connectivity index (χ3n) is 3.21. The van der Waals surface area contributed by atoms with Gasteiger partial charge in [-0.1, -0.05) is 6.92 Å². The molecular formula is C16H22N4O. The van der Waals surface area contributed by atoms with Crippen molar-refractivity contribution in [1.82, 2.24) is 15.3 Å². The quantitative estimate of drug-likeness (QED) is 0.793. The summed E-state index contributed by atoms with van der Waals surface area (Å²) in [7, 11) is 3.61. The molecule has 0 bridgehead atoms. The molecule has 0 unspecified atom stereocenters. The summed E-state index contributed by atoms with van der Waals surface area (Å²) in [6, 6.07) is 7.82. The lowest BCUT2D eigenvalue weighted by Crippen LogP contribution is -2.16. The Morgan fingerprint density at radius 3 is 2.38 bits per heavy atom. The molecule has 1 N–H and O–H groups in total. The molecule has 0 saturated heterocycles. The molecule has 5 nitrogen and oxygen atoms in total. The van der Waals surface area contributed by atoms with Crippen molar-refractivity contribution in [2.45, 2.75) is 19.9 Å². The molecule has 112 valence electrons. The maximum Gasteiger partial charge on any atom is 0.229 e. The lowest BCUT2D eigenvalue weighted by Gasteiger charge is -2.17. The van der Waals surface area contributed by atoms with Gasteiger partial charge in [-0.15, -0.1) is 0 Å². The molecule has 2 aromatic rings. The summed E-state index contributed by atoms with van der Waals surface area (Å²) in [6.07, 6.45) is 4.86. The predicted molar refractivity (Wildman–Crippen MR) is 85.1 cm³/mol. The molecule has 0 aliphatic rings. The first-order chi connectivity index (χ1) is 10.2. The second-order valence-electron chi connectivity index (χ2n) is 4.83. The van der Waals surface area contributed by atoms with E-state index in [1.807, 2.05) is 48.6 Å². The number of benzene rings is 1. The Bertz CT molecular complexity index is 539. The highest BCUT2D eigenvalue weighted by molar-refractivity contribution is 5.57. The zero-order valence-corrected chi connectivity index (χ0v) is 12.8. The molecule has 5 heteroatoms. The Kier molecular flexibility index (Phi) is 5.51. The number of hydrogen-bond acceptors (Lipinski definition) is 5. The number of anilines is 2. The zero-order valence-electron chi connectivity index (χ0n) is 12.8. The predicted octanol–water partition coefficient (Wildman–Crippen LogP) is 2.75. The monoisotopic (exact) mass is 286 g/mol. The highest BCUT2D eigenvalue weighted by Gasteiger charge is 2.07. The van der Waals surface area contributed by atoms with Crippen molar-refractivity contribution in [2.24, 2.45) is 0 Å². The molecule has 1 aromatic carbocycles. The third kappa shape index (κ3) is 4.16. The Balaban J connectivity index is 2.02. The van der Waals surface area contributed by atoms with E-state index in [0.717, 1.165) is 36.5 Å². The lowest BCUT2D eigenvalue weighted by atomic mass is 10.3. The minimum absolute atomic E-state index is 0.680. The van der Waals surface area contributed by atoms with Gasteiger partial charge in [0.25, 0.3) is 0 Å². The highest BCUT2D eigenvalue weighted by Crippen LogP contribution is 2.22. The summed E-state index contributed by atoms with van der Waals surface area (Å²) < 4.78 is 5.16. The SMILES string of the molecule is CCCNCc1cnc(N(C)c2ccc(OC)cc2)nc1. The Morgan fingerprint density at radius 2 is 1.81 bits per heavy atom. The van der Waals surface area contributed by atoms with Gasteiger partial charge in [0.05, 0.1) is 7.11 Å². The number of nitrogens with zero attached hydrogens (tertiary/aromatic N) is 3. The van der Waals surface area contributed by atoms with Crippen LogP contribution in [0.4, 0.5) is 11.6 Å². The largest absolute Gasteiger partial charge is 0.497 e. The second kappa shape index (κ2) is 7.59. The average Bonchev–Trinajstić information content (AvgIpc) is 2.55. The van der Waals surface area contributed by atoms with Gasteiger partial charge in [-0.05, 0) is 37.2 Å². The van der Waals surface area contributed by atoms with Gasteiger partial charge in [-0.25, -0.2) is 9.97 Å². The number of rotatable bonds is 7. The maximum atomic E-state index is 5.16. The van der Waals surface area contributed by atoms with Gasteiger partial charge in [0.1, 0.15) is 5.75 Å². The number of nitrogens with one attached hydrogen (secondary N) is 1. The lowest BCUT2D eigenvalue weighted by molar-refractivity contribution is 0.415. The summed E-state index contributed by atoms with van der Waals surface area (Å²) >= 11 is 0. The van der Waals surface area contributed by atoms with E-state index in [-0.39, 0.29) is 0 Å². The minimum atomic E-state index is 0.680. The molecular weight excluding hydrogens is 264 g/mol. The Labute approximate surface area is 126 Å². The van der Waals surface area contributed by atoms with Crippen LogP contribution < -0.4 is 15.0 Å². The number of hydrogen-bond donors (Lipinski definition) is 1.